The first-order valence-electron chi connectivity index (χ1n) is 8.31. The van der Waals surface area contributed by atoms with E-state index in [2.05, 4.69) is 10.3 Å². The van der Waals surface area contributed by atoms with E-state index in [1.807, 2.05) is 12.1 Å². The van der Waals surface area contributed by atoms with Gasteiger partial charge >= 0.3 is 0 Å². The Bertz CT molecular complexity index is 1090. The number of thiazole rings is 1. The van der Waals surface area contributed by atoms with E-state index in [9.17, 15) is 4.79 Å². The van der Waals surface area contributed by atoms with Crippen molar-refractivity contribution in [3.05, 3.63) is 79.2 Å². The average Bonchev–Trinajstić information content (AvgIpc) is 3.10. The van der Waals surface area contributed by atoms with Crippen LogP contribution in [0.2, 0.25) is 15.1 Å². The summed E-state index contributed by atoms with van der Waals surface area (Å²) >= 11 is 19.4. The number of aromatic nitrogens is 1. The van der Waals surface area contributed by atoms with Crippen molar-refractivity contribution in [2.75, 3.05) is 11.9 Å². The highest BCUT2D eigenvalue weighted by Crippen LogP contribution is 2.30. The molecule has 0 fully saturated rings. The number of carbonyl (C=O) groups excluding carboxylic acids is 1. The molecule has 0 atom stereocenters. The quantitative estimate of drug-likeness (QED) is 0.521. The number of amides is 1. The second-order valence-electron chi connectivity index (χ2n) is 6.15. The van der Waals surface area contributed by atoms with Crippen LogP contribution in [0.1, 0.15) is 16.0 Å². The lowest BCUT2D eigenvalue weighted by molar-refractivity contribution is -0.113. The van der Waals surface area contributed by atoms with E-state index in [0.717, 1.165) is 16.0 Å². The normalized spacial score (nSPS) is 12.8. The molecule has 0 radical (unpaired) electrons. The molecule has 142 valence electrons. The van der Waals surface area contributed by atoms with Gasteiger partial charge < -0.3 is 4.74 Å². The van der Waals surface area contributed by atoms with Crippen LogP contribution in [-0.2, 0) is 11.2 Å². The lowest BCUT2D eigenvalue weighted by Gasteiger charge is -2.17. The van der Waals surface area contributed by atoms with Gasteiger partial charge in [0.15, 0.2) is 5.13 Å². The third kappa shape index (κ3) is 4.33. The van der Waals surface area contributed by atoms with Crippen LogP contribution >= 0.6 is 46.1 Å². The van der Waals surface area contributed by atoms with Gasteiger partial charge in [-0.05, 0) is 42.0 Å². The van der Waals surface area contributed by atoms with E-state index in [1.165, 1.54) is 11.3 Å². The number of fused-ring (bicyclic) bond motifs is 1. The Hall–Kier alpha value is -2.05. The predicted octanol–water partition coefficient (Wildman–Crippen LogP) is 6.11. The molecule has 8 heteroatoms. The summed E-state index contributed by atoms with van der Waals surface area (Å²) in [6.45, 7) is 0.196. The Balaban J connectivity index is 1.45. The molecule has 0 bridgehead atoms. The lowest BCUT2D eigenvalue weighted by atomic mass is 10.1. The fourth-order valence-electron chi connectivity index (χ4n) is 2.75. The van der Waals surface area contributed by atoms with Gasteiger partial charge in [-0.1, -0.05) is 40.9 Å². The molecule has 3 aromatic rings. The average molecular weight is 452 g/mol. The maximum Gasteiger partial charge on any atom is 0.256 e. The third-order valence-electron chi connectivity index (χ3n) is 4.11. The van der Waals surface area contributed by atoms with Crippen molar-refractivity contribution in [2.24, 2.45) is 0 Å². The molecule has 4 rings (SSSR count). The number of anilines is 1. The Morgan fingerprint density at radius 1 is 1.14 bits per heavy atom. The van der Waals surface area contributed by atoms with Crippen molar-refractivity contribution in [2.45, 2.75) is 6.42 Å². The minimum absolute atomic E-state index is 0.196. The number of halogens is 3. The molecule has 1 N–H and O–H groups in total. The SMILES string of the molecule is O=C(Nc1ncc(Cc2ccc(Cl)c(Cl)c2)s1)C1=Cc2cc(Cl)ccc2OC1. The van der Waals surface area contributed by atoms with Crippen LogP contribution in [0.3, 0.4) is 0 Å². The number of rotatable bonds is 4. The number of nitrogens with zero attached hydrogens (tertiary/aromatic N) is 1. The Labute approximate surface area is 180 Å². The molecule has 0 aliphatic carbocycles. The largest absolute Gasteiger partial charge is 0.488 e. The van der Waals surface area contributed by atoms with E-state index in [1.54, 1.807) is 36.5 Å². The molecule has 2 heterocycles. The standard InChI is InChI=1S/C20H13Cl3N2O2S/c21-14-2-4-18-12(8-14)7-13(10-27-18)19(26)25-20-24-9-15(28-20)5-11-1-3-16(22)17(23)6-11/h1-4,6-9H,5,10H2,(H,24,25,26). The smallest absolute Gasteiger partial charge is 0.256 e. The van der Waals surface area contributed by atoms with Crippen molar-refractivity contribution in [3.63, 3.8) is 0 Å². The molecular weight excluding hydrogens is 439 g/mol. The summed E-state index contributed by atoms with van der Waals surface area (Å²) in [7, 11) is 0. The summed E-state index contributed by atoms with van der Waals surface area (Å²) in [5.41, 5.74) is 2.31. The zero-order valence-corrected chi connectivity index (χ0v) is 17.4. The van der Waals surface area contributed by atoms with Gasteiger partial charge in [0.1, 0.15) is 12.4 Å². The van der Waals surface area contributed by atoms with Gasteiger partial charge in [-0.25, -0.2) is 4.98 Å². The topological polar surface area (TPSA) is 51.2 Å². The van der Waals surface area contributed by atoms with Crippen LogP contribution in [-0.4, -0.2) is 17.5 Å². The van der Waals surface area contributed by atoms with Gasteiger partial charge in [0.25, 0.3) is 5.91 Å². The second kappa shape index (κ2) is 8.13. The van der Waals surface area contributed by atoms with Gasteiger partial charge in [-0.2, -0.15) is 0 Å². The number of hydrogen-bond acceptors (Lipinski definition) is 4. The Morgan fingerprint density at radius 2 is 2.00 bits per heavy atom. The fraction of sp³-hybridized carbons (Fsp3) is 0.100. The van der Waals surface area contributed by atoms with Gasteiger partial charge in [0.2, 0.25) is 0 Å². The van der Waals surface area contributed by atoms with Gasteiger partial charge in [-0.3, -0.25) is 10.1 Å². The number of ether oxygens (including phenoxy) is 1. The van der Waals surface area contributed by atoms with Crippen molar-refractivity contribution in [1.82, 2.24) is 4.98 Å². The van der Waals surface area contributed by atoms with E-state index in [-0.39, 0.29) is 12.5 Å². The van der Waals surface area contributed by atoms with E-state index in [4.69, 9.17) is 39.5 Å². The molecule has 1 aromatic heterocycles. The Morgan fingerprint density at radius 3 is 2.82 bits per heavy atom. The first-order valence-corrected chi connectivity index (χ1v) is 10.3. The maximum absolute atomic E-state index is 12.6. The van der Waals surface area contributed by atoms with Gasteiger partial charge in [0.05, 0.1) is 15.6 Å². The van der Waals surface area contributed by atoms with Gasteiger partial charge in [-0.15, -0.1) is 11.3 Å². The predicted molar refractivity (Wildman–Crippen MR) is 115 cm³/mol. The zero-order chi connectivity index (χ0) is 19.7. The number of benzene rings is 2. The first-order chi connectivity index (χ1) is 13.5. The second-order valence-corrected chi connectivity index (χ2v) is 8.52. The van der Waals surface area contributed by atoms with Crippen LogP contribution in [0.5, 0.6) is 5.75 Å². The summed E-state index contributed by atoms with van der Waals surface area (Å²) < 4.78 is 5.63. The highest BCUT2D eigenvalue weighted by Gasteiger charge is 2.18. The summed E-state index contributed by atoms with van der Waals surface area (Å²) in [6.07, 6.45) is 4.18. The summed E-state index contributed by atoms with van der Waals surface area (Å²) in [5.74, 6) is 0.458. The third-order valence-corrected chi connectivity index (χ3v) is 6.00. The molecule has 0 saturated carbocycles. The maximum atomic E-state index is 12.6. The van der Waals surface area contributed by atoms with E-state index < -0.39 is 0 Å². The van der Waals surface area contributed by atoms with E-state index >= 15 is 0 Å². The van der Waals surface area contributed by atoms with Crippen molar-refractivity contribution < 1.29 is 9.53 Å². The minimum atomic E-state index is -0.249. The highest BCUT2D eigenvalue weighted by atomic mass is 35.5. The summed E-state index contributed by atoms with van der Waals surface area (Å²) in [4.78, 5) is 17.8. The number of hydrogen-bond donors (Lipinski definition) is 1. The van der Waals surface area contributed by atoms with Crippen molar-refractivity contribution in [1.29, 1.82) is 0 Å². The molecule has 2 aromatic carbocycles. The van der Waals surface area contributed by atoms with Crippen LogP contribution in [0.15, 0.2) is 48.2 Å². The molecule has 28 heavy (non-hydrogen) atoms. The molecule has 4 nitrogen and oxygen atoms in total. The van der Waals surface area contributed by atoms with Crippen LogP contribution in [0.4, 0.5) is 5.13 Å². The highest BCUT2D eigenvalue weighted by molar-refractivity contribution is 7.15. The van der Waals surface area contributed by atoms with Crippen molar-refractivity contribution in [3.8, 4) is 5.75 Å². The molecule has 1 aliphatic rings. The van der Waals surface area contributed by atoms with Crippen LogP contribution in [0, 0.1) is 0 Å². The van der Waals surface area contributed by atoms with Crippen molar-refractivity contribution >= 4 is 63.3 Å². The monoisotopic (exact) mass is 450 g/mol. The summed E-state index contributed by atoms with van der Waals surface area (Å²) in [5, 5.41) is 4.98. The molecule has 1 amide bonds. The molecule has 0 unspecified atom stereocenters. The van der Waals surface area contributed by atoms with Gasteiger partial charge in [0, 0.05) is 28.1 Å². The molecule has 1 aliphatic heterocycles. The van der Waals surface area contributed by atoms with Crippen LogP contribution < -0.4 is 10.1 Å². The van der Waals surface area contributed by atoms with Crippen LogP contribution in [0.25, 0.3) is 6.08 Å². The minimum Gasteiger partial charge on any atom is -0.488 e. The Kier molecular flexibility index (Phi) is 5.60. The number of nitrogens with one attached hydrogen (secondary N) is 1. The zero-order valence-electron chi connectivity index (χ0n) is 14.3. The fourth-order valence-corrected chi connectivity index (χ4v) is 4.10. The number of carbonyl (C=O) groups is 1. The first kappa shape index (κ1) is 19.3. The molecule has 0 saturated heterocycles. The summed E-state index contributed by atoms with van der Waals surface area (Å²) in [6, 6.07) is 10.8. The molecular formula is C20H13Cl3N2O2S. The molecule has 0 spiro atoms. The van der Waals surface area contributed by atoms with E-state index in [0.29, 0.717) is 37.9 Å². The lowest BCUT2D eigenvalue weighted by Crippen LogP contribution is -2.21.